The second-order valence-electron chi connectivity index (χ2n) is 5.09. The predicted molar refractivity (Wildman–Crippen MR) is 82.5 cm³/mol. The number of nitrogens with one attached hydrogen (secondary N) is 1. The van der Waals surface area contributed by atoms with E-state index in [1.807, 2.05) is 13.8 Å². The molecule has 3 aromatic heterocycles. The average molecular weight is 339 g/mol. The molecule has 0 aromatic carbocycles. The summed E-state index contributed by atoms with van der Waals surface area (Å²) in [5.41, 5.74) is 0.354. The molecule has 6 nitrogen and oxygen atoms in total. The number of pyridine rings is 1. The van der Waals surface area contributed by atoms with Crippen molar-refractivity contribution in [3.63, 3.8) is 0 Å². The van der Waals surface area contributed by atoms with E-state index in [1.54, 1.807) is 12.3 Å². The van der Waals surface area contributed by atoms with Crippen molar-refractivity contribution in [3.8, 4) is 11.5 Å². The molecule has 3 heterocycles. The molecule has 0 amide bonds. The molecule has 3 aromatic rings. The fourth-order valence-electron chi connectivity index (χ4n) is 2.05. The molecule has 0 atom stereocenters. The summed E-state index contributed by atoms with van der Waals surface area (Å²) in [6, 6.07) is 1.71. The zero-order chi connectivity index (χ0) is 16.8. The van der Waals surface area contributed by atoms with Gasteiger partial charge in [-0.2, -0.15) is 17.9 Å². The van der Waals surface area contributed by atoms with Crippen molar-refractivity contribution in [1.29, 1.82) is 0 Å². The molecule has 0 bridgehead atoms. The molecule has 0 spiro atoms. The summed E-state index contributed by atoms with van der Waals surface area (Å²) in [7, 11) is 0. The number of alkyl halides is 3. The average Bonchev–Trinajstić information content (AvgIpc) is 3.08. The van der Waals surface area contributed by atoms with Crippen LogP contribution in [0.25, 0.3) is 11.5 Å². The molecule has 0 unspecified atom stereocenters. The lowest BCUT2D eigenvalue weighted by Crippen LogP contribution is -2.19. The minimum absolute atomic E-state index is 0. The first-order chi connectivity index (χ1) is 10.8. The van der Waals surface area contributed by atoms with Crippen molar-refractivity contribution < 1.29 is 13.2 Å². The molecule has 0 aliphatic heterocycles. The van der Waals surface area contributed by atoms with Crippen molar-refractivity contribution in [3.05, 3.63) is 58.2 Å². The van der Waals surface area contributed by atoms with Crippen LogP contribution in [0.3, 0.4) is 0 Å². The predicted octanol–water partition coefficient (Wildman–Crippen LogP) is 3.02. The summed E-state index contributed by atoms with van der Waals surface area (Å²) >= 11 is 0. The molecular weight excluding hydrogens is 323 g/mol. The van der Waals surface area contributed by atoms with Gasteiger partial charge in [0.15, 0.2) is 11.5 Å². The van der Waals surface area contributed by atoms with E-state index in [0.29, 0.717) is 5.82 Å². The molecule has 0 fully saturated rings. The number of H-pyrrole nitrogens is 1. The molecule has 0 aliphatic rings. The van der Waals surface area contributed by atoms with Crippen LogP contribution in [-0.4, -0.2) is 24.3 Å². The third kappa shape index (κ3) is 2.97. The molecule has 1 N–H and O–H groups in total. The number of aromatic amines is 1. The van der Waals surface area contributed by atoms with Crippen LogP contribution in [0.1, 0.15) is 24.2 Å². The van der Waals surface area contributed by atoms with E-state index >= 15 is 0 Å². The van der Waals surface area contributed by atoms with E-state index in [-0.39, 0.29) is 13.1 Å². The first kappa shape index (κ1) is 17.5. The van der Waals surface area contributed by atoms with Gasteiger partial charge in [-0.1, -0.05) is 7.43 Å². The SMILES string of the molecule is C.Cc1cnc(-n2[nH]cc(-n3cnc(C(F)(F)F)c3)c2=O)cc1C. The number of halogens is 3. The van der Waals surface area contributed by atoms with Gasteiger partial charge in [0.1, 0.15) is 12.0 Å². The maximum absolute atomic E-state index is 12.6. The standard InChI is InChI=1S/C14H12F3N5O.CH4/c1-8-3-12(18-4-9(8)2)22-13(23)10(5-20-22)21-6-11(19-7-21)14(15,16)17;/h3-7,20H,1-2H3;1H4. The van der Waals surface area contributed by atoms with Gasteiger partial charge in [0, 0.05) is 18.6 Å². The van der Waals surface area contributed by atoms with E-state index in [0.717, 1.165) is 32.9 Å². The van der Waals surface area contributed by atoms with Gasteiger partial charge >= 0.3 is 6.18 Å². The Bertz CT molecular complexity index is 920. The second kappa shape index (κ2) is 5.99. The molecule has 0 saturated carbocycles. The number of nitrogens with zero attached hydrogens (tertiary/aromatic N) is 4. The van der Waals surface area contributed by atoms with Gasteiger partial charge in [0.25, 0.3) is 5.56 Å². The summed E-state index contributed by atoms with van der Waals surface area (Å²) in [5.74, 6) is 0.362. The largest absolute Gasteiger partial charge is 0.434 e. The monoisotopic (exact) mass is 339 g/mol. The van der Waals surface area contributed by atoms with Gasteiger partial charge in [-0.15, -0.1) is 0 Å². The van der Waals surface area contributed by atoms with Crippen LogP contribution in [-0.2, 0) is 6.18 Å². The van der Waals surface area contributed by atoms with Gasteiger partial charge in [-0.25, -0.2) is 9.97 Å². The lowest BCUT2D eigenvalue weighted by Gasteiger charge is -2.04. The smallest absolute Gasteiger partial charge is 0.299 e. The van der Waals surface area contributed by atoms with Crippen LogP contribution >= 0.6 is 0 Å². The summed E-state index contributed by atoms with van der Waals surface area (Å²) in [6.07, 6.45) is 0.0854. The topological polar surface area (TPSA) is 68.5 Å². The molecule has 3 rings (SSSR count). The Balaban J connectivity index is 0.00000208. The van der Waals surface area contributed by atoms with Crippen molar-refractivity contribution >= 4 is 0 Å². The maximum atomic E-state index is 12.6. The van der Waals surface area contributed by atoms with Crippen molar-refractivity contribution in [2.75, 3.05) is 0 Å². The van der Waals surface area contributed by atoms with E-state index in [1.165, 1.54) is 6.20 Å². The summed E-state index contributed by atoms with van der Waals surface area (Å²) in [4.78, 5) is 19.8. The zero-order valence-electron chi connectivity index (χ0n) is 12.2. The van der Waals surface area contributed by atoms with E-state index < -0.39 is 17.4 Å². The minimum Gasteiger partial charge on any atom is -0.299 e. The van der Waals surface area contributed by atoms with Crippen LogP contribution in [0.4, 0.5) is 13.2 Å². The van der Waals surface area contributed by atoms with E-state index in [4.69, 9.17) is 0 Å². The normalized spacial score (nSPS) is 11.4. The highest BCUT2D eigenvalue weighted by atomic mass is 19.4. The number of aryl methyl sites for hydroxylation is 2. The first-order valence-corrected chi connectivity index (χ1v) is 6.63. The molecule has 24 heavy (non-hydrogen) atoms. The number of hydrogen-bond donors (Lipinski definition) is 1. The number of rotatable bonds is 2. The quantitative estimate of drug-likeness (QED) is 0.780. The fraction of sp³-hybridized carbons (Fsp3) is 0.267. The highest BCUT2D eigenvalue weighted by Crippen LogP contribution is 2.27. The van der Waals surface area contributed by atoms with Crippen molar-refractivity contribution in [2.24, 2.45) is 0 Å². The third-order valence-corrected chi connectivity index (χ3v) is 3.49. The Hall–Kier alpha value is -2.84. The fourth-order valence-corrected chi connectivity index (χ4v) is 2.05. The van der Waals surface area contributed by atoms with Gasteiger partial charge in [0.05, 0.1) is 0 Å². The van der Waals surface area contributed by atoms with Gasteiger partial charge in [0.2, 0.25) is 0 Å². The second-order valence-corrected chi connectivity index (χ2v) is 5.09. The number of hydrogen-bond acceptors (Lipinski definition) is 3. The lowest BCUT2D eigenvalue weighted by atomic mass is 10.2. The molecule has 0 saturated heterocycles. The molecular formula is C15H16F3N5O. The summed E-state index contributed by atoms with van der Waals surface area (Å²) in [6.45, 7) is 3.76. The number of imidazole rings is 1. The van der Waals surface area contributed by atoms with Crippen LogP contribution in [0, 0.1) is 13.8 Å². The highest BCUT2D eigenvalue weighted by molar-refractivity contribution is 5.35. The Morgan fingerprint density at radius 1 is 1.17 bits per heavy atom. The summed E-state index contributed by atoms with van der Waals surface area (Å²) < 4.78 is 40.0. The van der Waals surface area contributed by atoms with Gasteiger partial charge in [-0.3, -0.25) is 14.5 Å². The van der Waals surface area contributed by atoms with Crippen LogP contribution in [0.5, 0.6) is 0 Å². The maximum Gasteiger partial charge on any atom is 0.434 e. The summed E-state index contributed by atoms with van der Waals surface area (Å²) in [5, 5.41) is 2.70. The Morgan fingerprint density at radius 2 is 1.88 bits per heavy atom. The van der Waals surface area contributed by atoms with E-state index in [2.05, 4.69) is 15.1 Å². The molecule has 128 valence electrons. The Morgan fingerprint density at radius 3 is 2.46 bits per heavy atom. The van der Waals surface area contributed by atoms with Crippen LogP contribution in [0.15, 0.2) is 35.8 Å². The molecule has 9 heteroatoms. The van der Waals surface area contributed by atoms with Gasteiger partial charge < -0.3 is 0 Å². The molecule has 0 aliphatic carbocycles. The lowest BCUT2D eigenvalue weighted by molar-refractivity contribution is -0.140. The third-order valence-electron chi connectivity index (χ3n) is 3.49. The highest BCUT2D eigenvalue weighted by Gasteiger charge is 2.33. The number of aromatic nitrogens is 5. The van der Waals surface area contributed by atoms with Crippen LogP contribution < -0.4 is 5.56 Å². The Labute approximate surface area is 135 Å². The van der Waals surface area contributed by atoms with Crippen molar-refractivity contribution in [1.82, 2.24) is 24.3 Å². The van der Waals surface area contributed by atoms with Crippen molar-refractivity contribution in [2.45, 2.75) is 27.5 Å². The van der Waals surface area contributed by atoms with Crippen LogP contribution in [0.2, 0.25) is 0 Å². The van der Waals surface area contributed by atoms with Gasteiger partial charge in [-0.05, 0) is 31.0 Å². The zero-order valence-corrected chi connectivity index (χ0v) is 12.2. The van der Waals surface area contributed by atoms with E-state index in [9.17, 15) is 18.0 Å². The first-order valence-electron chi connectivity index (χ1n) is 6.63. The Kier molecular flexibility index (Phi) is 4.37. The molecule has 0 radical (unpaired) electrons. The minimum atomic E-state index is -4.56.